The first kappa shape index (κ1) is 58.6. The molecule has 0 saturated carbocycles. The summed E-state index contributed by atoms with van der Waals surface area (Å²) in [4.78, 5) is 122. The molecule has 2 aromatic carbocycles. The van der Waals surface area contributed by atoms with Gasteiger partial charge in [0, 0.05) is 80.2 Å². The Morgan fingerprint density at radius 3 is 2.05 bits per heavy atom. The van der Waals surface area contributed by atoms with Crippen molar-refractivity contribution >= 4 is 81.7 Å². The first-order valence-corrected chi connectivity index (χ1v) is 24.5. The van der Waals surface area contributed by atoms with Crippen LogP contribution in [0.3, 0.4) is 0 Å². The molecule has 25 nitrogen and oxygen atoms in total. The molecule has 0 radical (unpaired) electrons. The number of fused-ring (bicyclic) bond motifs is 1. The smallest absolute Gasteiger partial charge is 0.244 e. The Labute approximate surface area is 433 Å². The van der Waals surface area contributed by atoms with E-state index in [0.29, 0.717) is 16.1 Å². The van der Waals surface area contributed by atoms with Crippen LogP contribution in [0, 0.1) is 0 Å². The lowest BCUT2D eigenvalue weighted by atomic mass is 10.0. The summed E-state index contributed by atoms with van der Waals surface area (Å²) < 4.78 is 0. The largest absolute Gasteiger partial charge is 0.401 e. The standard InChI is InChI=1S/C48H70ClN17O8/c1-26(51)32-13-6-18-56-40(68)17-16-36(63-41(69)34(60-27(2)67)14-7-19-57-47(52)53)43(71)66-39(24-50)46(74)64-37(22-28-9-5-10-30(49)21-28)44(72)62-35(15-8-20-58-48(54)55)42(70)65-38(45(73)61-32)23-29-25-59-33-12-4-3-11-31(29)33/h3-5,9-12,21,25,32,34-39,59H,1,6-8,13-20,22-24,50-51H2,2H3,(H,56,68)(H,60,67)(H,61,73)(H,62,72)(H,63,69)(H,64,74)(H,65,70)(H,66,71)(H4,52,53,57)(H4,54,55,58)/t32-,34-,35-,36-,37+,38-,39-/m0/s1. The van der Waals surface area contributed by atoms with Crippen molar-refractivity contribution in [2.45, 2.75) is 113 Å². The van der Waals surface area contributed by atoms with E-state index in [4.69, 9.17) is 46.0 Å². The molecule has 4 rings (SSSR count). The van der Waals surface area contributed by atoms with Gasteiger partial charge in [0.1, 0.15) is 36.3 Å². The van der Waals surface area contributed by atoms with Gasteiger partial charge in [-0.3, -0.25) is 48.3 Å². The molecule has 21 N–H and O–H groups in total. The Balaban J connectivity index is 1.75. The molecule has 1 aliphatic heterocycles. The van der Waals surface area contributed by atoms with Crippen LogP contribution in [-0.4, -0.2) is 133 Å². The number of H-pyrrole nitrogens is 1. The zero-order valence-corrected chi connectivity index (χ0v) is 42.1. The van der Waals surface area contributed by atoms with E-state index in [1.807, 2.05) is 24.3 Å². The van der Waals surface area contributed by atoms with Crippen LogP contribution in [0.15, 0.2) is 77.0 Å². The number of aromatic amines is 1. The summed E-state index contributed by atoms with van der Waals surface area (Å²) in [6.45, 7) is 4.84. The molecule has 1 saturated heterocycles. The van der Waals surface area contributed by atoms with E-state index >= 15 is 0 Å². The van der Waals surface area contributed by atoms with Crippen LogP contribution in [-0.2, 0) is 51.2 Å². The van der Waals surface area contributed by atoms with Gasteiger partial charge in [0.25, 0.3) is 0 Å². The van der Waals surface area contributed by atoms with Crippen molar-refractivity contribution in [3.05, 3.63) is 83.2 Å². The zero-order valence-electron chi connectivity index (χ0n) is 41.3. The minimum atomic E-state index is -1.52. The predicted octanol–water partition coefficient (Wildman–Crippen LogP) is -2.75. The van der Waals surface area contributed by atoms with E-state index in [0.717, 1.165) is 10.9 Å². The van der Waals surface area contributed by atoms with Crippen molar-refractivity contribution in [1.82, 2.24) is 47.5 Å². The minimum absolute atomic E-state index is 0.00943. The van der Waals surface area contributed by atoms with E-state index in [1.165, 1.54) is 6.92 Å². The van der Waals surface area contributed by atoms with Crippen LogP contribution in [0.4, 0.5) is 0 Å². The van der Waals surface area contributed by atoms with Crippen LogP contribution in [0.25, 0.3) is 10.9 Å². The average molecular weight is 1050 g/mol. The van der Waals surface area contributed by atoms with Gasteiger partial charge in [-0.05, 0) is 74.3 Å². The van der Waals surface area contributed by atoms with Crippen molar-refractivity contribution in [2.24, 2.45) is 44.4 Å². The second-order valence-electron chi connectivity index (χ2n) is 17.8. The van der Waals surface area contributed by atoms with E-state index in [1.54, 1.807) is 30.5 Å². The van der Waals surface area contributed by atoms with Gasteiger partial charge in [-0.15, -0.1) is 0 Å². The van der Waals surface area contributed by atoms with Gasteiger partial charge in [-0.25, -0.2) is 0 Å². The number of hydrogen-bond donors (Lipinski definition) is 15. The maximum atomic E-state index is 14.6. The van der Waals surface area contributed by atoms with Gasteiger partial charge in [0.2, 0.25) is 47.3 Å². The summed E-state index contributed by atoms with van der Waals surface area (Å²) in [6.07, 6.45) is 1.86. The molecule has 0 spiro atoms. The van der Waals surface area contributed by atoms with Gasteiger partial charge in [0.05, 0.1) is 6.04 Å². The normalized spacial score (nSPS) is 21.2. The van der Waals surface area contributed by atoms with E-state index in [-0.39, 0.29) is 101 Å². The van der Waals surface area contributed by atoms with E-state index in [9.17, 15) is 38.4 Å². The van der Waals surface area contributed by atoms with Crippen molar-refractivity contribution in [3.8, 4) is 0 Å². The molecular weight excluding hydrogens is 978 g/mol. The number of aromatic nitrogens is 1. The number of carbonyl (C=O) groups excluding carboxylic acids is 8. The summed E-state index contributed by atoms with van der Waals surface area (Å²) in [5.41, 5.74) is 36.3. The highest BCUT2D eigenvalue weighted by atomic mass is 35.5. The second-order valence-corrected chi connectivity index (χ2v) is 18.2. The molecule has 26 heteroatoms. The zero-order chi connectivity index (χ0) is 54.3. The molecule has 1 aliphatic rings. The second kappa shape index (κ2) is 29.6. The summed E-state index contributed by atoms with van der Waals surface area (Å²) >= 11 is 6.32. The number of aliphatic imine (C=N–C) groups is 2. The highest BCUT2D eigenvalue weighted by Crippen LogP contribution is 2.20. The lowest BCUT2D eigenvalue weighted by Gasteiger charge is -2.28. The summed E-state index contributed by atoms with van der Waals surface area (Å²) in [7, 11) is 0. The minimum Gasteiger partial charge on any atom is -0.401 e. The van der Waals surface area contributed by atoms with E-state index in [2.05, 4.69) is 64.1 Å². The third-order valence-electron chi connectivity index (χ3n) is 11.8. The number of amides is 8. The number of nitrogens with one attached hydrogen (secondary N) is 9. The molecule has 0 unspecified atom stereocenters. The third kappa shape index (κ3) is 19.6. The van der Waals surface area contributed by atoms with Crippen molar-refractivity contribution in [1.29, 1.82) is 0 Å². The van der Waals surface area contributed by atoms with Crippen LogP contribution < -0.4 is 76.9 Å². The van der Waals surface area contributed by atoms with Crippen LogP contribution in [0.5, 0.6) is 0 Å². The Hall–Kier alpha value is -7.93. The number of guanidine groups is 2. The molecular formula is C48H70ClN17O8. The molecule has 0 bridgehead atoms. The molecule has 1 aromatic heterocycles. The number of nitrogens with two attached hydrogens (primary N) is 6. The fourth-order valence-electron chi connectivity index (χ4n) is 8.01. The fraction of sp³-hybridized carbons (Fsp3) is 0.458. The Bertz CT molecular complexity index is 2530. The van der Waals surface area contributed by atoms with Crippen molar-refractivity contribution in [3.63, 3.8) is 0 Å². The Kier molecular flexibility index (Phi) is 23.4. The van der Waals surface area contributed by atoms with E-state index < -0.39 is 96.1 Å². The topological polar surface area (TPSA) is 429 Å². The number of benzene rings is 2. The number of rotatable bonds is 17. The first-order valence-electron chi connectivity index (χ1n) is 24.1. The molecule has 1 fully saturated rings. The number of nitrogens with zero attached hydrogens (tertiary/aromatic N) is 2. The van der Waals surface area contributed by atoms with Crippen LogP contribution in [0.1, 0.15) is 69.4 Å². The Morgan fingerprint density at radius 2 is 1.39 bits per heavy atom. The van der Waals surface area contributed by atoms with Gasteiger partial charge in [-0.2, -0.15) is 0 Å². The lowest BCUT2D eigenvalue weighted by molar-refractivity contribution is -0.135. The molecule has 3 aromatic rings. The summed E-state index contributed by atoms with van der Waals surface area (Å²) in [5, 5.41) is 22.6. The fourth-order valence-corrected chi connectivity index (χ4v) is 8.22. The van der Waals surface area contributed by atoms with Crippen LogP contribution >= 0.6 is 11.6 Å². The number of carbonyl (C=O) groups is 8. The quantitative estimate of drug-likeness (QED) is 0.0371. The predicted molar refractivity (Wildman–Crippen MR) is 280 cm³/mol. The highest BCUT2D eigenvalue weighted by Gasteiger charge is 2.34. The molecule has 2 heterocycles. The number of halogens is 1. The summed E-state index contributed by atoms with van der Waals surface area (Å²) in [5.74, 6) is -6.33. The first-order chi connectivity index (χ1) is 35.2. The average Bonchev–Trinajstić information content (AvgIpc) is 3.75. The van der Waals surface area contributed by atoms with Gasteiger partial charge < -0.3 is 81.9 Å². The Morgan fingerprint density at radius 1 is 0.770 bits per heavy atom. The number of hydrogen-bond acceptors (Lipinski definition) is 12. The van der Waals surface area contributed by atoms with Crippen molar-refractivity contribution < 1.29 is 38.4 Å². The van der Waals surface area contributed by atoms with Crippen LogP contribution in [0.2, 0.25) is 5.02 Å². The number of para-hydroxylation sites is 1. The maximum Gasteiger partial charge on any atom is 0.244 e. The third-order valence-corrected chi connectivity index (χ3v) is 12.1. The van der Waals surface area contributed by atoms with Gasteiger partial charge in [0.15, 0.2) is 11.9 Å². The van der Waals surface area contributed by atoms with Crippen molar-refractivity contribution in [2.75, 3.05) is 26.2 Å². The van der Waals surface area contributed by atoms with Gasteiger partial charge in [-0.1, -0.05) is 48.5 Å². The lowest BCUT2D eigenvalue weighted by Crippen LogP contribution is -2.61. The SMILES string of the molecule is C=C(N)[C@@H]1CCCNC(=O)CC[C@H](NC(=O)[C@H](CCCN=C(N)N)NC(C)=O)C(=O)N[C@@H](CN)C(=O)N[C@H](Cc2cccc(Cl)c2)C(=O)N[C@@H](CCCN=C(N)N)C(=O)N[C@@H](Cc2c[nH]c3ccccc23)C(=O)N1. The molecule has 8 amide bonds. The molecule has 7 atom stereocenters. The summed E-state index contributed by atoms with van der Waals surface area (Å²) in [6, 6.07) is 4.86. The molecule has 0 aliphatic carbocycles. The highest BCUT2D eigenvalue weighted by molar-refractivity contribution is 6.30. The molecule has 402 valence electrons. The maximum absolute atomic E-state index is 14.6. The monoisotopic (exact) mass is 1050 g/mol. The van der Waals surface area contributed by atoms with Gasteiger partial charge >= 0.3 is 0 Å². The molecule has 74 heavy (non-hydrogen) atoms.